The van der Waals surface area contributed by atoms with Crippen LogP contribution in [0.3, 0.4) is 0 Å². The van der Waals surface area contributed by atoms with E-state index in [1.165, 1.54) is 12.1 Å². The number of amides is 1. The lowest BCUT2D eigenvalue weighted by atomic mass is 10.3. The molecule has 9 heteroatoms. The molecule has 20 heavy (non-hydrogen) atoms. The predicted molar refractivity (Wildman–Crippen MR) is 73.0 cm³/mol. The van der Waals surface area contributed by atoms with Crippen molar-refractivity contribution in [2.45, 2.75) is 25.3 Å². The van der Waals surface area contributed by atoms with Crippen LogP contribution in [-0.4, -0.2) is 28.4 Å². The number of nitrogens with zero attached hydrogens (tertiary/aromatic N) is 2. The number of anilines is 2. The minimum atomic E-state index is -0.534. The van der Waals surface area contributed by atoms with E-state index in [0.717, 1.165) is 12.8 Å². The number of nitrogens with two attached hydrogens (primary N) is 1. The van der Waals surface area contributed by atoms with Crippen LogP contribution in [0.15, 0.2) is 12.1 Å². The number of aromatic nitrogens is 1. The number of nitrogen functional groups attached to an aromatic ring is 1. The maximum Gasteiger partial charge on any atom is 0.276 e. The van der Waals surface area contributed by atoms with E-state index < -0.39 is 4.92 Å². The Morgan fingerprint density at radius 2 is 2.15 bits per heavy atom. The van der Waals surface area contributed by atoms with Crippen LogP contribution >= 0.6 is 0 Å². The van der Waals surface area contributed by atoms with Crippen molar-refractivity contribution in [3.63, 3.8) is 0 Å². The Hall–Kier alpha value is -2.42. The molecular formula is C11H16N6O3. The van der Waals surface area contributed by atoms with Gasteiger partial charge in [-0.25, -0.2) is 10.8 Å². The van der Waals surface area contributed by atoms with Crippen LogP contribution < -0.4 is 21.9 Å². The quantitative estimate of drug-likeness (QED) is 0.321. The van der Waals surface area contributed by atoms with Gasteiger partial charge in [-0.05, 0) is 12.8 Å². The van der Waals surface area contributed by atoms with Crippen LogP contribution in [0.4, 0.5) is 17.3 Å². The van der Waals surface area contributed by atoms with Crippen LogP contribution in [0.1, 0.15) is 19.3 Å². The zero-order chi connectivity index (χ0) is 14.5. The van der Waals surface area contributed by atoms with E-state index in [0.29, 0.717) is 18.4 Å². The molecule has 1 aliphatic carbocycles. The van der Waals surface area contributed by atoms with Crippen LogP contribution in [0.25, 0.3) is 0 Å². The number of hydrazine groups is 1. The van der Waals surface area contributed by atoms with Gasteiger partial charge >= 0.3 is 0 Å². The lowest BCUT2D eigenvalue weighted by molar-refractivity contribution is -0.384. The average Bonchev–Trinajstić information content (AvgIpc) is 3.22. The fourth-order valence-corrected chi connectivity index (χ4v) is 1.62. The molecule has 1 amide bonds. The van der Waals surface area contributed by atoms with E-state index in [1.54, 1.807) is 0 Å². The van der Waals surface area contributed by atoms with Crippen molar-refractivity contribution in [1.29, 1.82) is 0 Å². The molecule has 1 aromatic heterocycles. The summed E-state index contributed by atoms with van der Waals surface area (Å²) in [5.74, 6) is 5.64. The Morgan fingerprint density at radius 1 is 1.45 bits per heavy atom. The van der Waals surface area contributed by atoms with Crippen molar-refractivity contribution >= 4 is 23.2 Å². The molecule has 0 bridgehead atoms. The zero-order valence-corrected chi connectivity index (χ0v) is 10.8. The molecule has 0 aromatic carbocycles. The third-order valence-electron chi connectivity index (χ3n) is 2.77. The molecule has 2 rings (SSSR count). The smallest absolute Gasteiger partial charge is 0.276 e. The third-order valence-corrected chi connectivity index (χ3v) is 2.77. The van der Waals surface area contributed by atoms with Gasteiger partial charge in [0.15, 0.2) is 0 Å². The molecule has 0 saturated heterocycles. The monoisotopic (exact) mass is 280 g/mol. The Morgan fingerprint density at radius 3 is 2.75 bits per heavy atom. The molecule has 0 unspecified atom stereocenters. The second kappa shape index (κ2) is 6.15. The molecule has 9 nitrogen and oxygen atoms in total. The first-order valence-electron chi connectivity index (χ1n) is 6.25. The first kappa shape index (κ1) is 14.0. The highest BCUT2D eigenvalue weighted by atomic mass is 16.6. The van der Waals surface area contributed by atoms with Gasteiger partial charge in [0.25, 0.3) is 5.69 Å². The number of carbonyl (C=O) groups excluding carboxylic acids is 1. The molecule has 5 N–H and O–H groups in total. The summed E-state index contributed by atoms with van der Waals surface area (Å²) in [4.78, 5) is 25.7. The molecule has 0 spiro atoms. The fraction of sp³-hybridized carbons (Fsp3) is 0.455. The number of carbonyl (C=O) groups is 1. The average molecular weight is 280 g/mol. The normalized spacial score (nSPS) is 13.7. The Kier molecular flexibility index (Phi) is 4.31. The molecular weight excluding hydrogens is 264 g/mol. The zero-order valence-electron chi connectivity index (χ0n) is 10.8. The summed E-state index contributed by atoms with van der Waals surface area (Å²) in [5.41, 5.74) is 2.13. The number of nitro groups is 1. The standard InChI is InChI=1S/C11H16N6O3/c12-16-10-6-8(17(19)20)5-9(15-10)13-4-3-11(18)14-7-1-2-7/h5-7H,1-4,12H2,(H,14,18)(H2,13,15,16). The van der Waals surface area contributed by atoms with Crippen molar-refractivity contribution < 1.29 is 9.72 Å². The van der Waals surface area contributed by atoms with Crippen molar-refractivity contribution in [3.05, 3.63) is 22.2 Å². The number of hydrogen-bond acceptors (Lipinski definition) is 7. The van der Waals surface area contributed by atoms with E-state index in [-0.39, 0.29) is 23.8 Å². The molecule has 0 radical (unpaired) electrons. The second-order valence-electron chi connectivity index (χ2n) is 4.52. The van der Waals surface area contributed by atoms with Gasteiger partial charge in [-0.3, -0.25) is 14.9 Å². The SMILES string of the molecule is NNc1cc([N+](=O)[O-])cc(NCCC(=O)NC2CC2)n1. The number of rotatable bonds is 7. The third kappa shape index (κ3) is 4.05. The number of hydrogen-bond donors (Lipinski definition) is 4. The summed E-state index contributed by atoms with van der Waals surface area (Å²) in [7, 11) is 0. The lowest BCUT2D eigenvalue weighted by Gasteiger charge is -2.07. The maximum absolute atomic E-state index is 11.5. The Labute approximate surface area is 115 Å². The summed E-state index contributed by atoms with van der Waals surface area (Å²) in [6.07, 6.45) is 2.36. The van der Waals surface area contributed by atoms with Crippen molar-refractivity contribution in [2.24, 2.45) is 5.84 Å². The first-order valence-corrected chi connectivity index (χ1v) is 6.25. The molecule has 1 saturated carbocycles. The van der Waals surface area contributed by atoms with E-state index in [4.69, 9.17) is 5.84 Å². The lowest BCUT2D eigenvalue weighted by Crippen LogP contribution is -2.27. The minimum Gasteiger partial charge on any atom is -0.369 e. The van der Waals surface area contributed by atoms with Crippen LogP contribution in [0.2, 0.25) is 0 Å². The van der Waals surface area contributed by atoms with Gasteiger partial charge in [-0.15, -0.1) is 0 Å². The minimum absolute atomic E-state index is 0.0393. The molecule has 1 aliphatic rings. The van der Waals surface area contributed by atoms with Crippen LogP contribution in [0, 0.1) is 10.1 Å². The molecule has 0 atom stereocenters. The predicted octanol–water partition coefficient (Wildman–Crippen LogP) is 0.356. The summed E-state index contributed by atoms with van der Waals surface area (Å²) in [6, 6.07) is 2.84. The first-order chi connectivity index (χ1) is 9.58. The highest BCUT2D eigenvalue weighted by molar-refractivity contribution is 5.77. The maximum atomic E-state index is 11.5. The van der Waals surface area contributed by atoms with Crippen molar-refractivity contribution in [2.75, 3.05) is 17.3 Å². The van der Waals surface area contributed by atoms with E-state index in [1.807, 2.05) is 0 Å². The van der Waals surface area contributed by atoms with Gasteiger partial charge in [0.1, 0.15) is 11.6 Å². The number of nitrogens with one attached hydrogen (secondary N) is 3. The highest BCUT2D eigenvalue weighted by Gasteiger charge is 2.22. The molecule has 0 aliphatic heterocycles. The second-order valence-corrected chi connectivity index (χ2v) is 4.52. The molecule has 1 fully saturated rings. The number of pyridine rings is 1. The van der Waals surface area contributed by atoms with E-state index in [2.05, 4.69) is 21.0 Å². The van der Waals surface area contributed by atoms with Gasteiger partial charge in [-0.2, -0.15) is 0 Å². The largest absolute Gasteiger partial charge is 0.369 e. The molecule has 1 heterocycles. The van der Waals surface area contributed by atoms with Crippen LogP contribution in [0.5, 0.6) is 0 Å². The Bertz CT molecular complexity index is 517. The van der Waals surface area contributed by atoms with Gasteiger partial charge in [0, 0.05) is 19.0 Å². The van der Waals surface area contributed by atoms with Crippen molar-refractivity contribution in [1.82, 2.24) is 10.3 Å². The summed E-state index contributed by atoms with van der Waals surface area (Å²) >= 11 is 0. The van der Waals surface area contributed by atoms with Gasteiger partial charge in [-0.1, -0.05) is 0 Å². The van der Waals surface area contributed by atoms with E-state index in [9.17, 15) is 14.9 Å². The highest BCUT2D eigenvalue weighted by Crippen LogP contribution is 2.20. The fourth-order valence-electron chi connectivity index (χ4n) is 1.62. The summed E-state index contributed by atoms with van der Waals surface area (Å²) in [5, 5.41) is 16.5. The topological polar surface area (TPSA) is 135 Å². The van der Waals surface area contributed by atoms with E-state index >= 15 is 0 Å². The van der Waals surface area contributed by atoms with Crippen molar-refractivity contribution in [3.8, 4) is 0 Å². The summed E-state index contributed by atoms with van der Waals surface area (Å²) < 4.78 is 0. The Balaban J connectivity index is 1.88. The molecule has 108 valence electrons. The summed E-state index contributed by atoms with van der Waals surface area (Å²) in [6.45, 7) is 0.344. The van der Waals surface area contributed by atoms with Crippen LogP contribution in [-0.2, 0) is 4.79 Å². The van der Waals surface area contributed by atoms with Gasteiger partial charge in [0.2, 0.25) is 5.91 Å². The molecule has 1 aromatic rings. The van der Waals surface area contributed by atoms with Gasteiger partial charge < -0.3 is 16.1 Å². The van der Waals surface area contributed by atoms with Gasteiger partial charge in [0.05, 0.1) is 17.1 Å².